The summed E-state index contributed by atoms with van der Waals surface area (Å²) in [6, 6.07) is 17.2. The van der Waals surface area contributed by atoms with Gasteiger partial charge in [-0.1, -0.05) is 55.8 Å². The van der Waals surface area contributed by atoms with Gasteiger partial charge >= 0.3 is 0 Å². The fourth-order valence-corrected chi connectivity index (χ4v) is 2.45. The lowest BCUT2D eigenvalue weighted by atomic mass is 9.98. The predicted octanol–water partition coefficient (Wildman–Crippen LogP) is 5.07. The lowest BCUT2D eigenvalue weighted by molar-refractivity contribution is 0.537. The first kappa shape index (κ1) is 14.1. The highest BCUT2D eigenvalue weighted by atomic mass is 35.5. The molecule has 0 radical (unpaired) electrons. The standard InChI is InChI=1S/C17H20ClN/c1-3-17(19-4-2)15-7-5-6-14(12-15)13-8-10-16(18)11-9-13/h5-12,17,19H,3-4H2,1-2H3. The Kier molecular flexibility index (Phi) is 5.00. The average Bonchev–Trinajstić information content (AvgIpc) is 2.45. The number of rotatable bonds is 5. The van der Waals surface area contributed by atoms with E-state index in [2.05, 4.69) is 55.6 Å². The summed E-state index contributed by atoms with van der Waals surface area (Å²) in [5, 5.41) is 4.29. The lowest BCUT2D eigenvalue weighted by Gasteiger charge is -2.17. The SMILES string of the molecule is CCNC(CC)c1cccc(-c2ccc(Cl)cc2)c1. The van der Waals surface area contributed by atoms with Gasteiger partial charge in [0.15, 0.2) is 0 Å². The topological polar surface area (TPSA) is 12.0 Å². The van der Waals surface area contributed by atoms with Crippen LogP contribution in [0.2, 0.25) is 5.02 Å². The molecule has 100 valence electrons. The van der Waals surface area contributed by atoms with Crippen molar-refractivity contribution in [2.45, 2.75) is 26.3 Å². The van der Waals surface area contributed by atoms with Crippen molar-refractivity contribution in [3.63, 3.8) is 0 Å². The molecule has 1 unspecified atom stereocenters. The monoisotopic (exact) mass is 273 g/mol. The molecule has 1 nitrogen and oxygen atoms in total. The molecule has 2 heteroatoms. The Morgan fingerprint density at radius 1 is 1.00 bits per heavy atom. The Hall–Kier alpha value is -1.31. The van der Waals surface area contributed by atoms with E-state index in [9.17, 15) is 0 Å². The van der Waals surface area contributed by atoms with Crippen molar-refractivity contribution in [3.8, 4) is 11.1 Å². The molecule has 0 fully saturated rings. The summed E-state index contributed by atoms with van der Waals surface area (Å²) < 4.78 is 0. The summed E-state index contributed by atoms with van der Waals surface area (Å²) >= 11 is 5.93. The molecular weight excluding hydrogens is 254 g/mol. The molecule has 2 aromatic rings. The second-order valence-electron chi connectivity index (χ2n) is 4.65. The van der Waals surface area contributed by atoms with Crippen LogP contribution in [0.15, 0.2) is 48.5 Å². The van der Waals surface area contributed by atoms with E-state index in [-0.39, 0.29) is 0 Å². The molecule has 0 aromatic heterocycles. The van der Waals surface area contributed by atoms with E-state index in [1.54, 1.807) is 0 Å². The Labute approximate surface area is 120 Å². The first-order valence-electron chi connectivity index (χ1n) is 6.84. The molecule has 0 saturated heterocycles. The van der Waals surface area contributed by atoms with Crippen LogP contribution in [-0.2, 0) is 0 Å². The first-order chi connectivity index (χ1) is 9.24. The first-order valence-corrected chi connectivity index (χ1v) is 7.21. The molecule has 1 N–H and O–H groups in total. The maximum absolute atomic E-state index is 5.93. The molecule has 2 aromatic carbocycles. The van der Waals surface area contributed by atoms with Gasteiger partial charge in [-0.15, -0.1) is 0 Å². The third-order valence-electron chi connectivity index (χ3n) is 3.33. The molecule has 0 aliphatic carbocycles. The lowest BCUT2D eigenvalue weighted by Crippen LogP contribution is -2.19. The Morgan fingerprint density at radius 3 is 2.37 bits per heavy atom. The van der Waals surface area contributed by atoms with Crippen molar-refractivity contribution in [2.75, 3.05) is 6.54 Å². The minimum Gasteiger partial charge on any atom is -0.310 e. The largest absolute Gasteiger partial charge is 0.310 e. The Bertz CT molecular complexity index is 519. The summed E-state index contributed by atoms with van der Waals surface area (Å²) in [4.78, 5) is 0. The maximum Gasteiger partial charge on any atom is 0.0406 e. The number of hydrogen-bond donors (Lipinski definition) is 1. The van der Waals surface area contributed by atoms with Crippen molar-refractivity contribution in [3.05, 3.63) is 59.1 Å². The van der Waals surface area contributed by atoms with Gasteiger partial charge in [0, 0.05) is 11.1 Å². The van der Waals surface area contributed by atoms with Crippen LogP contribution >= 0.6 is 11.6 Å². The molecule has 0 aliphatic heterocycles. The van der Waals surface area contributed by atoms with E-state index >= 15 is 0 Å². The van der Waals surface area contributed by atoms with E-state index in [1.165, 1.54) is 16.7 Å². The highest BCUT2D eigenvalue weighted by Crippen LogP contribution is 2.25. The molecule has 0 bridgehead atoms. The molecule has 0 amide bonds. The predicted molar refractivity (Wildman–Crippen MR) is 83.6 cm³/mol. The highest BCUT2D eigenvalue weighted by Gasteiger charge is 2.08. The second-order valence-corrected chi connectivity index (χ2v) is 5.09. The average molecular weight is 274 g/mol. The number of benzene rings is 2. The van der Waals surface area contributed by atoms with Gasteiger partial charge in [0.25, 0.3) is 0 Å². The van der Waals surface area contributed by atoms with Crippen molar-refractivity contribution in [1.29, 1.82) is 0 Å². The summed E-state index contributed by atoms with van der Waals surface area (Å²) in [5.41, 5.74) is 3.79. The van der Waals surface area contributed by atoms with Gasteiger partial charge < -0.3 is 5.32 Å². The minimum atomic E-state index is 0.428. The zero-order valence-electron chi connectivity index (χ0n) is 11.5. The molecular formula is C17H20ClN. The number of hydrogen-bond acceptors (Lipinski definition) is 1. The van der Waals surface area contributed by atoms with E-state index in [4.69, 9.17) is 11.6 Å². The van der Waals surface area contributed by atoms with Crippen molar-refractivity contribution < 1.29 is 0 Å². The third kappa shape index (κ3) is 3.59. The van der Waals surface area contributed by atoms with Gasteiger partial charge in [-0.05, 0) is 47.9 Å². The van der Waals surface area contributed by atoms with Gasteiger partial charge in [-0.25, -0.2) is 0 Å². The van der Waals surface area contributed by atoms with Crippen LogP contribution in [0.5, 0.6) is 0 Å². The summed E-state index contributed by atoms with van der Waals surface area (Å²) in [5.74, 6) is 0. The van der Waals surface area contributed by atoms with Crippen LogP contribution in [0.1, 0.15) is 31.9 Å². The van der Waals surface area contributed by atoms with Gasteiger partial charge in [0.2, 0.25) is 0 Å². The van der Waals surface area contributed by atoms with Gasteiger partial charge in [-0.2, -0.15) is 0 Å². The van der Waals surface area contributed by atoms with E-state index in [1.807, 2.05) is 12.1 Å². The van der Waals surface area contributed by atoms with Gasteiger partial charge in [0.05, 0.1) is 0 Å². The quantitative estimate of drug-likeness (QED) is 0.802. The zero-order valence-corrected chi connectivity index (χ0v) is 12.2. The summed E-state index contributed by atoms with van der Waals surface area (Å²) in [6.07, 6.45) is 1.10. The van der Waals surface area contributed by atoms with Crippen LogP contribution in [0.25, 0.3) is 11.1 Å². The van der Waals surface area contributed by atoms with Crippen LogP contribution in [0, 0.1) is 0 Å². The summed E-state index contributed by atoms with van der Waals surface area (Å²) in [6.45, 7) is 5.34. The van der Waals surface area contributed by atoms with Gasteiger partial charge in [-0.3, -0.25) is 0 Å². The number of nitrogens with one attached hydrogen (secondary N) is 1. The van der Waals surface area contributed by atoms with Crippen LogP contribution < -0.4 is 5.32 Å². The zero-order chi connectivity index (χ0) is 13.7. The van der Waals surface area contributed by atoms with E-state index in [0.717, 1.165) is 18.0 Å². The van der Waals surface area contributed by atoms with E-state index in [0.29, 0.717) is 6.04 Å². The normalized spacial score (nSPS) is 12.4. The molecule has 1 atom stereocenters. The highest BCUT2D eigenvalue weighted by molar-refractivity contribution is 6.30. The molecule has 0 aliphatic rings. The maximum atomic E-state index is 5.93. The second kappa shape index (κ2) is 6.74. The van der Waals surface area contributed by atoms with Crippen molar-refractivity contribution >= 4 is 11.6 Å². The third-order valence-corrected chi connectivity index (χ3v) is 3.58. The fourth-order valence-electron chi connectivity index (χ4n) is 2.32. The minimum absolute atomic E-state index is 0.428. The van der Waals surface area contributed by atoms with Crippen molar-refractivity contribution in [2.24, 2.45) is 0 Å². The van der Waals surface area contributed by atoms with Crippen LogP contribution in [0.4, 0.5) is 0 Å². The molecule has 2 rings (SSSR count). The number of halogens is 1. The van der Waals surface area contributed by atoms with Crippen LogP contribution in [0.3, 0.4) is 0 Å². The smallest absolute Gasteiger partial charge is 0.0406 e. The molecule has 19 heavy (non-hydrogen) atoms. The van der Waals surface area contributed by atoms with Gasteiger partial charge in [0.1, 0.15) is 0 Å². The molecule has 0 spiro atoms. The Morgan fingerprint density at radius 2 is 1.74 bits per heavy atom. The summed E-state index contributed by atoms with van der Waals surface area (Å²) in [7, 11) is 0. The fraction of sp³-hybridized carbons (Fsp3) is 0.294. The molecule has 0 saturated carbocycles. The van der Waals surface area contributed by atoms with Crippen molar-refractivity contribution in [1.82, 2.24) is 5.32 Å². The Balaban J connectivity index is 2.30. The molecule has 0 heterocycles. The van der Waals surface area contributed by atoms with E-state index < -0.39 is 0 Å². The van der Waals surface area contributed by atoms with Crippen LogP contribution in [-0.4, -0.2) is 6.54 Å².